The zero-order valence-corrected chi connectivity index (χ0v) is 16.3. The fourth-order valence-corrected chi connectivity index (χ4v) is 3.70. The molecular formula is C19H21NO6S. The molecule has 0 bridgehead atoms. The van der Waals surface area contributed by atoms with Crippen molar-refractivity contribution in [1.82, 2.24) is 0 Å². The zero-order chi connectivity index (χ0) is 20.2. The lowest BCUT2D eigenvalue weighted by Crippen LogP contribution is -2.25. The Morgan fingerprint density at radius 2 is 1.78 bits per heavy atom. The standard InChI is InChI=1S/C19H21NO6S/c1-12-6-5-7-16(10-12)20-27(23,24)17-11-15(9-8-13(17)2)19(22)26-14(3)18(21)25-4/h5-11,14,20H,1-4H3/t14-/m0/s1. The summed E-state index contributed by atoms with van der Waals surface area (Å²) in [7, 11) is -2.73. The smallest absolute Gasteiger partial charge is 0.346 e. The highest BCUT2D eigenvalue weighted by atomic mass is 32.2. The molecular weight excluding hydrogens is 370 g/mol. The predicted molar refractivity (Wildman–Crippen MR) is 100 cm³/mol. The normalized spacial score (nSPS) is 12.1. The Bertz CT molecular complexity index is 968. The van der Waals surface area contributed by atoms with Crippen LogP contribution in [0.5, 0.6) is 0 Å². The van der Waals surface area contributed by atoms with Crippen molar-refractivity contribution in [3.8, 4) is 0 Å². The van der Waals surface area contributed by atoms with Gasteiger partial charge in [-0.05, 0) is 56.2 Å². The van der Waals surface area contributed by atoms with Crippen LogP contribution in [0.15, 0.2) is 47.4 Å². The molecule has 0 fully saturated rings. The number of sulfonamides is 1. The third-order valence-electron chi connectivity index (χ3n) is 3.80. The molecule has 8 heteroatoms. The van der Waals surface area contributed by atoms with E-state index in [0.29, 0.717) is 11.3 Å². The molecule has 0 radical (unpaired) electrons. The number of aryl methyl sites for hydroxylation is 2. The number of carbonyl (C=O) groups excluding carboxylic acids is 2. The van der Waals surface area contributed by atoms with Gasteiger partial charge in [0.25, 0.3) is 10.0 Å². The number of ether oxygens (including phenoxy) is 2. The van der Waals surface area contributed by atoms with E-state index in [-0.39, 0.29) is 10.5 Å². The second-order valence-electron chi connectivity index (χ2n) is 6.03. The number of anilines is 1. The average molecular weight is 391 g/mol. The van der Waals surface area contributed by atoms with Crippen LogP contribution in [0.4, 0.5) is 5.69 Å². The molecule has 2 aromatic rings. The van der Waals surface area contributed by atoms with E-state index in [9.17, 15) is 18.0 Å². The molecule has 0 aliphatic heterocycles. The zero-order valence-electron chi connectivity index (χ0n) is 15.5. The van der Waals surface area contributed by atoms with Gasteiger partial charge in [0.1, 0.15) is 0 Å². The molecule has 0 saturated carbocycles. The fourth-order valence-electron chi connectivity index (χ4n) is 2.38. The Labute approximate surface area is 158 Å². The van der Waals surface area contributed by atoms with Crippen molar-refractivity contribution in [2.24, 2.45) is 0 Å². The van der Waals surface area contributed by atoms with E-state index >= 15 is 0 Å². The van der Waals surface area contributed by atoms with Gasteiger partial charge in [0.2, 0.25) is 0 Å². The summed E-state index contributed by atoms with van der Waals surface area (Å²) in [6.45, 7) is 4.84. The van der Waals surface area contributed by atoms with E-state index in [0.717, 1.165) is 5.56 Å². The van der Waals surface area contributed by atoms with Crippen LogP contribution in [0, 0.1) is 13.8 Å². The van der Waals surface area contributed by atoms with Crippen LogP contribution in [0.1, 0.15) is 28.4 Å². The Morgan fingerprint density at radius 3 is 2.41 bits per heavy atom. The Kier molecular flexibility index (Phi) is 6.22. The number of hydrogen-bond donors (Lipinski definition) is 1. The monoisotopic (exact) mass is 391 g/mol. The van der Waals surface area contributed by atoms with E-state index in [1.165, 1.54) is 32.2 Å². The highest BCUT2D eigenvalue weighted by Crippen LogP contribution is 2.22. The first kappa shape index (κ1) is 20.4. The van der Waals surface area contributed by atoms with Crippen molar-refractivity contribution in [1.29, 1.82) is 0 Å². The van der Waals surface area contributed by atoms with E-state index in [2.05, 4.69) is 9.46 Å². The van der Waals surface area contributed by atoms with Gasteiger partial charge >= 0.3 is 11.9 Å². The number of benzene rings is 2. The van der Waals surface area contributed by atoms with Crippen molar-refractivity contribution < 1.29 is 27.5 Å². The van der Waals surface area contributed by atoms with E-state index in [1.807, 2.05) is 13.0 Å². The molecule has 2 rings (SSSR count). The van der Waals surface area contributed by atoms with Gasteiger partial charge in [-0.3, -0.25) is 4.72 Å². The summed E-state index contributed by atoms with van der Waals surface area (Å²) in [5.41, 5.74) is 1.80. The fraction of sp³-hybridized carbons (Fsp3) is 0.263. The lowest BCUT2D eigenvalue weighted by atomic mass is 10.1. The Balaban J connectivity index is 2.30. The second kappa shape index (κ2) is 8.22. The first-order chi connectivity index (χ1) is 12.6. The quantitative estimate of drug-likeness (QED) is 0.760. The number of esters is 2. The summed E-state index contributed by atoms with van der Waals surface area (Å²) < 4.78 is 37.5. The van der Waals surface area contributed by atoms with Gasteiger partial charge in [0.15, 0.2) is 6.10 Å². The number of hydrogen-bond acceptors (Lipinski definition) is 6. The minimum atomic E-state index is -3.92. The minimum Gasteiger partial charge on any atom is -0.466 e. The summed E-state index contributed by atoms with van der Waals surface area (Å²) in [6, 6.07) is 11.1. The van der Waals surface area contributed by atoms with Crippen LogP contribution in [0.2, 0.25) is 0 Å². The molecule has 0 aromatic heterocycles. The summed E-state index contributed by atoms with van der Waals surface area (Å²) in [5.74, 6) is -1.52. The van der Waals surface area contributed by atoms with E-state index in [1.54, 1.807) is 25.1 Å². The molecule has 0 amide bonds. The molecule has 144 valence electrons. The van der Waals surface area contributed by atoms with Gasteiger partial charge in [0.05, 0.1) is 17.6 Å². The summed E-state index contributed by atoms with van der Waals surface area (Å²) in [6.07, 6.45) is -1.10. The lowest BCUT2D eigenvalue weighted by molar-refractivity contribution is -0.149. The van der Waals surface area contributed by atoms with Crippen LogP contribution < -0.4 is 4.72 Å². The third-order valence-corrected chi connectivity index (χ3v) is 5.32. The van der Waals surface area contributed by atoms with Gasteiger partial charge in [-0.25, -0.2) is 18.0 Å². The second-order valence-corrected chi connectivity index (χ2v) is 7.68. The van der Waals surface area contributed by atoms with Gasteiger partial charge < -0.3 is 9.47 Å². The molecule has 0 aliphatic carbocycles. The van der Waals surface area contributed by atoms with Gasteiger partial charge in [0, 0.05) is 5.69 Å². The van der Waals surface area contributed by atoms with Gasteiger partial charge in [-0.2, -0.15) is 0 Å². The summed E-state index contributed by atoms with van der Waals surface area (Å²) >= 11 is 0. The van der Waals surface area contributed by atoms with Crippen molar-refractivity contribution in [2.45, 2.75) is 31.8 Å². The topological polar surface area (TPSA) is 98.8 Å². The number of rotatable bonds is 6. The Hall–Kier alpha value is -2.87. The lowest BCUT2D eigenvalue weighted by Gasteiger charge is -2.14. The first-order valence-corrected chi connectivity index (χ1v) is 9.61. The minimum absolute atomic E-state index is 0.0148. The van der Waals surface area contributed by atoms with Crippen molar-refractivity contribution >= 4 is 27.6 Å². The van der Waals surface area contributed by atoms with Gasteiger partial charge in [-0.1, -0.05) is 18.2 Å². The van der Waals surface area contributed by atoms with Crippen molar-refractivity contribution in [2.75, 3.05) is 11.8 Å². The third kappa shape index (κ3) is 5.07. The molecule has 0 unspecified atom stereocenters. The number of nitrogens with one attached hydrogen (secondary N) is 1. The SMILES string of the molecule is COC(=O)[C@H](C)OC(=O)c1ccc(C)c(S(=O)(=O)Nc2cccc(C)c2)c1. The molecule has 0 aliphatic rings. The molecule has 7 nitrogen and oxygen atoms in total. The van der Waals surface area contributed by atoms with Crippen LogP contribution in [0.25, 0.3) is 0 Å². The molecule has 1 N–H and O–H groups in total. The largest absolute Gasteiger partial charge is 0.466 e. The van der Waals surface area contributed by atoms with E-state index in [4.69, 9.17) is 4.74 Å². The maximum absolute atomic E-state index is 12.7. The Morgan fingerprint density at radius 1 is 1.07 bits per heavy atom. The summed E-state index contributed by atoms with van der Waals surface area (Å²) in [4.78, 5) is 23.6. The molecule has 2 aromatic carbocycles. The van der Waals surface area contributed by atoms with Crippen molar-refractivity contribution in [3.05, 3.63) is 59.2 Å². The average Bonchev–Trinajstić information content (AvgIpc) is 2.60. The molecule has 0 spiro atoms. The van der Waals surface area contributed by atoms with Crippen LogP contribution in [-0.4, -0.2) is 33.6 Å². The van der Waals surface area contributed by atoms with Crippen molar-refractivity contribution in [3.63, 3.8) is 0 Å². The van der Waals surface area contributed by atoms with E-state index < -0.39 is 28.1 Å². The molecule has 0 saturated heterocycles. The highest BCUT2D eigenvalue weighted by molar-refractivity contribution is 7.92. The van der Waals surface area contributed by atoms with Crippen LogP contribution in [-0.2, 0) is 24.3 Å². The maximum Gasteiger partial charge on any atom is 0.346 e. The first-order valence-electron chi connectivity index (χ1n) is 8.13. The summed E-state index contributed by atoms with van der Waals surface area (Å²) in [5, 5.41) is 0. The molecule has 1 atom stereocenters. The molecule has 27 heavy (non-hydrogen) atoms. The van der Waals surface area contributed by atoms with Gasteiger partial charge in [-0.15, -0.1) is 0 Å². The highest BCUT2D eigenvalue weighted by Gasteiger charge is 2.23. The number of carbonyl (C=O) groups is 2. The number of methoxy groups -OCH3 is 1. The molecule has 0 heterocycles. The maximum atomic E-state index is 12.7. The predicted octanol–water partition coefficient (Wildman–Crippen LogP) is 2.82. The van der Waals surface area contributed by atoms with Crippen LogP contribution >= 0.6 is 0 Å². The van der Waals surface area contributed by atoms with Crippen LogP contribution in [0.3, 0.4) is 0 Å².